The molecule has 1 heterocycles. The Bertz CT molecular complexity index is 2230. The SMILES string of the molecule is CCC(C)=NCC(=O)NCC1(C)CC(C(=O)n2c(=O)n(C(=O)C3CC(C)(C)CC(C)(CNC(=O)O/N=C(\C)CC)C3)c(=O)n(C(=O)C3CC(C)(C)CC(C)(CNC(=O)O/N=C(\C)CC)C3)c2=O)CC(C)(C)C1. The van der Waals surface area contributed by atoms with Gasteiger partial charge in [-0.15, -0.1) is 0 Å². The second-order valence-electron chi connectivity index (χ2n) is 24.6. The van der Waals surface area contributed by atoms with Gasteiger partial charge in [0.25, 0.3) is 0 Å². The fourth-order valence-corrected chi connectivity index (χ4v) is 12.2. The molecule has 0 radical (unpaired) electrons. The summed E-state index contributed by atoms with van der Waals surface area (Å²) in [6, 6.07) is 0. The quantitative estimate of drug-likeness (QED) is 0.0825. The van der Waals surface area contributed by atoms with Gasteiger partial charge in [-0.25, -0.2) is 24.0 Å². The number of nitrogens with one attached hydrogen (secondary N) is 3. The van der Waals surface area contributed by atoms with Crippen LogP contribution in [-0.4, -0.2) is 92.8 Å². The molecule has 1 aromatic rings. The highest BCUT2D eigenvalue weighted by Gasteiger charge is 2.49. The molecule has 3 fully saturated rings. The summed E-state index contributed by atoms with van der Waals surface area (Å²) in [6.45, 7) is 28.4. The van der Waals surface area contributed by atoms with E-state index in [4.69, 9.17) is 9.68 Å². The molecule has 0 bridgehead atoms. The van der Waals surface area contributed by atoms with E-state index in [-0.39, 0.29) is 84.3 Å². The number of oxime groups is 2. The monoisotopic (exact) mass is 1010 g/mol. The average Bonchev–Trinajstić information content (AvgIpc) is 3.27. The van der Waals surface area contributed by atoms with Crippen molar-refractivity contribution in [3.63, 3.8) is 0 Å². The lowest BCUT2D eigenvalue weighted by atomic mass is 9.60. The van der Waals surface area contributed by atoms with Gasteiger partial charge in [0, 0.05) is 43.1 Å². The number of nitrogens with zero attached hydrogens (tertiary/aromatic N) is 6. The summed E-state index contributed by atoms with van der Waals surface area (Å²) in [6.07, 6.45) is 2.74. The number of amides is 3. The van der Waals surface area contributed by atoms with E-state index in [9.17, 15) is 28.8 Å². The maximum absolute atomic E-state index is 15.1. The third kappa shape index (κ3) is 15.5. The van der Waals surface area contributed by atoms with Gasteiger partial charge in [0.05, 0.1) is 11.4 Å². The molecule has 0 spiro atoms. The van der Waals surface area contributed by atoms with E-state index < -0.39 is 97.2 Å². The van der Waals surface area contributed by atoms with E-state index >= 15 is 14.4 Å². The Labute approximate surface area is 424 Å². The van der Waals surface area contributed by atoms with E-state index in [1.165, 1.54) is 0 Å². The Morgan fingerprint density at radius 2 is 0.778 bits per heavy atom. The number of carbonyl (C=O) groups is 6. The number of rotatable bonds is 16. The molecule has 0 saturated heterocycles. The van der Waals surface area contributed by atoms with Crippen molar-refractivity contribution in [3.05, 3.63) is 31.5 Å². The Morgan fingerprint density at radius 1 is 0.486 bits per heavy atom. The van der Waals surface area contributed by atoms with Crippen LogP contribution >= 0.6 is 0 Å². The second-order valence-corrected chi connectivity index (χ2v) is 24.6. The Morgan fingerprint density at radius 3 is 1.07 bits per heavy atom. The molecule has 20 heteroatoms. The highest BCUT2D eigenvalue weighted by atomic mass is 16.7. The van der Waals surface area contributed by atoms with Crippen molar-refractivity contribution >= 4 is 53.0 Å². The summed E-state index contributed by atoms with van der Waals surface area (Å²) in [5.41, 5.74) is -6.35. The minimum absolute atomic E-state index is 0.0476. The van der Waals surface area contributed by atoms with Crippen LogP contribution in [0, 0.1) is 50.2 Å². The normalized spacial score (nSPS) is 27.3. The first-order valence-corrected chi connectivity index (χ1v) is 25.6. The van der Waals surface area contributed by atoms with Gasteiger partial charge in [0.2, 0.25) is 23.6 Å². The zero-order chi connectivity index (χ0) is 54.4. The van der Waals surface area contributed by atoms with Gasteiger partial charge in [-0.3, -0.25) is 33.8 Å². The zero-order valence-electron chi connectivity index (χ0n) is 45.7. The molecule has 3 N–H and O–H groups in total. The predicted molar refractivity (Wildman–Crippen MR) is 276 cm³/mol. The van der Waals surface area contributed by atoms with Crippen LogP contribution in [0.4, 0.5) is 9.59 Å². The second kappa shape index (κ2) is 23.1. The van der Waals surface area contributed by atoms with Crippen LogP contribution in [0.1, 0.15) is 195 Å². The molecule has 3 saturated carbocycles. The summed E-state index contributed by atoms with van der Waals surface area (Å²) in [7, 11) is 0. The first-order chi connectivity index (χ1) is 33.2. The molecule has 6 unspecified atom stereocenters. The summed E-state index contributed by atoms with van der Waals surface area (Å²) >= 11 is 0. The van der Waals surface area contributed by atoms with E-state index in [0.717, 1.165) is 5.71 Å². The summed E-state index contributed by atoms with van der Waals surface area (Å²) in [5.74, 6) is -6.34. The molecule has 3 aliphatic carbocycles. The fraction of sp³-hybridized carbons (Fsp3) is 0.769. The lowest BCUT2D eigenvalue weighted by Gasteiger charge is -2.46. The van der Waals surface area contributed by atoms with Crippen molar-refractivity contribution in [3.8, 4) is 0 Å². The summed E-state index contributed by atoms with van der Waals surface area (Å²) in [5, 5.41) is 16.0. The van der Waals surface area contributed by atoms with Gasteiger partial charge in [-0.2, -0.15) is 13.7 Å². The molecule has 0 aromatic carbocycles. The maximum Gasteiger partial charge on any atom is 0.433 e. The molecule has 402 valence electrons. The van der Waals surface area contributed by atoms with Crippen LogP contribution in [0.5, 0.6) is 0 Å². The Hall–Kier alpha value is -5.56. The van der Waals surface area contributed by atoms with Gasteiger partial charge in [-0.05, 0) is 130 Å². The Kier molecular flexibility index (Phi) is 18.9. The van der Waals surface area contributed by atoms with Gasteiger partial charge >= 0.3 is 29.3 Å². The van der Waals surface area contributed by atoms with Crippen LogP contribution in [-0.2, 0) is 14.5 Å². The average molecular weight is 1010 g/mol. The van der Waals surface area contributed by atoms with Crippen molar-refractivity contribution in [2.75, 3.05) is 26.2 Å². The minimum Gasteiger partial charge on any atom is -0.354 e. The molecule has 3 amide bonds. The summed E-state index contributed by atoms with van der Waals surface area (Å²) in [4.78, 5) is 143. The molecule has 3 aliphatic rings. The predicted octanol–water partition coefficient (Wildman–Crippen LogP) is 7.60. The molecular weight excluding hydrogens is 927 g/mol. The molecule has 1 aromatic heterocycles. The van der Waals surface area contributed by atoms with Gasteiger partial charge < -0.3 is 16.0 Å². The molecular formula is C52H83N9O11. The highest BCUT2D eigenvalue weighted by Crippen LogP contribution is 2.51. The van der Waals surface area contributed by atoms with Gasteiger partial charge in [0.15, 0.2) is 0 Å². The zero-order valence-corrected chi connectivity index (χ0v) is 45.7. The summed E-state index contributed by atoms with van der Waals surface area (Å²) < 4.78 is 0.851. The van der Waals surface area contributed by atoms with E-state index in [2.05, 4.69) is 31.3 Å². The van der Waals surface area contributed by atoms with Gasteiger partial charge in [-0.1, -0.05) is 93.4 Å². The standard InChI is InChI=1S/C52H83N9O11/c1-16-32(4)53-25-38(62)54-29-50(13)22-35(19-47(7,8)26-50)39(63)59-44(68)60(40(64)36-20-48(9,10)27-51(14,23-36)30-55-42(66)71-57-33(5)17-2)46(70)61(45(59)69)41(65)37-21-49(11,12)28-52(15,24-37)31-56-43(67)72-58-34(6)18-3/h35-37H,16-31H2,1-15H3,(H,54,62)(H,55,66)(H,56,67)/b53-32?,57-33+,58-34+. The maximum atomic E-state index is 15.1. The van der Waals surface area contributed by atoms with Gasteiger partial charge in [0.1, 0.15) is 6.54 Å². The van der Waals surface area contributed by atoms with E-state index in [1.807, 2.05) is 90.0 Å². The van der Waals surface area contributed by atoms with Crippen molar-refractivity contribution < 1.29 is 38.4 Å². The van der Waals surface area contributed by atoms with Crippen molar-refractivity contribution in [2.24, 2.45) is 65.5 Å². The van der Waals surface area contributed by atoms with Crippen LogP contribution in [0.25, 0.3) is 0 Å². The van der Waals surface area contributed by atoms with Crippen LogP contribution in [0.2, 0.25) is 0 Å². The minimum atomic E-state index is -1.48. The first-order valence-electron chi connectivity index (χ1n) is 25.6. The number of aliphatic imine (C=N–C) groups is 1. The smallest absolute Gasteiger partial charge is 0.354 e. The number of aromatic nitrogens is 3. The van der Waals surface area contributed by atoms with Crippen molar-refractivity contribution in [1.82, 2.24) is 29.7 Å². The lowest BCUT2D eigenvalue weighted by molar-refractivity contribution is -0.120. The molecule has 72 heavy (non-hydrogen) atoms. The highest BCUT2D eigenvalue weighted by molar-refractivity contribution is 5.87. The fourth-order valence-electron chi connectivity index (χ4n) is 12.2. The molecule has 4 rings (SSSR count). The number of hydrogen-bond acceptors (Lipinski definition) is 14. The van der Waals surface area contributed by atoms with E-state index in [0.29, 0.717) is 49.9 Å². The number of carbonyl (C=O) groups excluding carboxylic acids is 6. The van der Waals surface area contributed by atoms with E-state index in [1.54, 1.807) is 13.8 Å². The molecule has 6 atom stereocenters. The molecule has 0 aliphatic heterocycles. The van der Waals surface area contributed by atoms with Crippen LogP contribution in [0.3, 0.4) is 0 Å². The lowest BCUT2D eigenvalue weighted by Crippen LogP contribution is -2.62. The van der Waals surface area contributed by atoms with Crippen molar-refractivity contribution in [2.45, 2.75) is 181 Å². The number of hydrogen-bond donors (Lipinski definition) is 3. The third-order valence-electron chi connectivity index (χ3n) is 14.8. The largest absolute Gasteiger partial charge is 0.433 e. The first kappa shape index (κ1) is 59.0. The topological polar surface area (TPSA) is 260 Å². The van der Waals surface area contributed by atoms with Crippen molar-refractivity contribution in [1.29, 1.82) is 0 Å². The Balaban J connectivity index is 1.84. The molecule has 20 nitrogen and oxygen atoms in total. The van der Waals surface area contributed by atoms with Crippen LogP contribution in [0.15, 0.2) is 29.7 Å². The van der Waals surface area contributed by atoms with Crippen LogP contribution < -0.4 is 33.0 Å². The third-order valence-corrected chi connectivity index (χ3v) is 14.8.